The number of benzene rings is 2. The number of nitrogen functional groups attached to an aromatic ring is 1. The first-order valence-electron chi connectivity index (χ1n) is 6.53. The number of carbonyl (C=O) groups is 2. The van der Waals surface area contributed by atoms with E-state index in [1.165, 1.54) is 7.11 Å². The molecule has 4 heteroatoms. The van der Waals surface area contributed by atoms with Crippen molar-refractivity contribution in [3.05, 3.63) is 58.1 Å². The van der Waals surface area contributed by atoms with E-state index in [9.17, 15) is 9.59 Å². The van der Waals surface area contributed by atoms with Gasteiger partial charge in [-0.15, -0.1) is 0 Å². The van der Waals surface area contributed by atoms with E-state index in [2.05, 4.69) is 0 Å². The van der Waals surface area contributed by atoms with Crippen molar-refractivity contribution in [3.63, 3.8) is 0 Å². The van der Waals surface area contributed by atoms with Gasteiger partial charge in [-0.3, -0.25) is 9.59 Å². The second kappa shape index (κ2) is 5.79. The zero-order valence-electron chi connectivity index (χ0n) is 12.3. The fourth-order valence-electron chi connectivity index (χ4n) is 2.35. The molecule has 0 fully saturated rings. The highest BCUT2D eigenvalue weighted by molar-refractivity contribution is 6.14. The van der Waals surface area contributed by atoms with Gasteiger partial charge in [0.1, 0.15) is 12.0 Å². The maximum Gasteiger partial charge on any atom is 0.195 e. The van der Waals surface area contributed by atoms with Crippen molar-refractivity contribution in [2.75, 3.05) is 12.8 Å². The van der Waals surface area contributed by atoms with Gasteiger partial charge in [0.25, 0.3) is 0 Å². The Balaban J connectivity index is 2.57. The van der Waals surface area contributed by atoms with Gasteiger partial charge in [0.15, 0.2) is 5.78 Å². The number of ketones is 1. The average molecular weight is 283 g/mol. The first-order chi connectivity index (χ1) is 9.99. The second-order valence-electron chi connectivity index (χ2n) is 4.87. The van der Waals surface area contributed by atoms with Crippen molar-refractivity contribution in [1.29, 1.82) is 0 Å². The number of rotatable bonds is 4. The fraction of sp³-hybridized carbons (Fsp3) is 0.176. The molecule has 0 radical (unpaired) electrons. The van der Waals surface area contributed by atoms with Crippen LogP contribution in [0, 0.1) is 13.8 Å². The Morgan fingerprint density at radius 3 is 2.48 bits per heavy atom. The van der Waals surface area contributed by atoms with E-state index in [4.69, 9.17) is 10.5 Å². The van der Waals surface area contributed by atoms with Crippen molar-refractivity contribution >= 4 is 17.8 Å². The van der Waals surface area contributed by atoms with Crippen molar-refractivity contribution in [2.24, 2.45) is 0 Å². The minimum atomic E-state index is -0.186. The average Bonchev–Trinajstić information content (AvgIpc) is 2.47. The number of methoxy groups -OCH3 is 1. The van der Waals surface area contributed by atoms with E-state index in [1.807, 2.05) is 6.92 Å². The number of anilines is 1. The molecule has 0 amide bonds. The van der Waals surface area contributed by atoms with Crippen LogP contribution in [0.25, 0.3) is 0 Å². The molecular formula is C17H17NO3. The minimum Gasteiger partial charge on any atom is -0.497 e. The predicted octanol–water partition coefficient (Wildman–Crippen LogP) is 2.94. The number of carbonyl (C=O) groups excluding carboxylic acids is 2. The highest BCUT2D eigenvalue weighted by Crippen LogP contribution is 2.26. The highest BCUT2D eigenvalue weighted by Gasteiger charge is 2.19. The monoisotopic (exact) mass is 283 g/mol. The molecule has 0 bridgehead atoms. The molecule has 0 spiro atoms. The molecule has 0 aliphatic heterocycles. The van der Waals surface area contributed by atoms with Crippen molar-refractivity contribution in [1.82, 2.24) is 0 Å². The van der Waals surface area contributed by atoms with Gasteiger partial charge in [-0.25, -0.2) is 0 Å². The number of aldehydes is 1. The largest absolute Gasteiger partial charge is 0.497 e. The fourth-order valence-corrected chi connectivity index (χ4v) is 2.35. The summed E-state index contributed by atoms with van der Waals surface area (Å²) in [6, 6.07) is 8.43. The number of hydrogen-bond donors (Lipinski definition) is 1. The lowest BCUT2D eigenvalue weighted by atomic mass is 9.91. The third-order valence-electron chi connectivity index (χ3n) is 3.57. The van der Waals surface area contributed by atoms with E-state index < -0.39 is 0 Å². The molecule has 0 saturated carbocycles. The molecule has 2 aromatic carbocycles. The van der Waals surface area contributed by atoms with Crippen LogP contribution in [0.15, 0.2) is 30.3 Å². The summed E-state index contributed by atoms with van der Waals surface area (Å²) in [6.07, 6.45) is 0.753. The van der Waals surface area contributed by atoms with Crippen LogP contribution in [0.4, 0.5) is 5.69 Å². The molecule has 2 rings (SSSR count). The summed E-state index contributed by atoms with van der Waals surface area (Å²) in [7, 11) is 1.54. The number of ether oxygens (including phenoxy) is 1. The van der Waals surface area contributed by atoms with E-state index >= 15 is 0 Å². The second-order valence-corrected chi connectivity index (χ2v) is 4.87. The molecule has 108 valence electrons. The van der Waals surface area contributed by atoms with Gasteiger partial charge in [-0.1, -0.05) is 12.1 Å². The summed E-state index contributed by atoms with van der Waals surface area (Å²) in [4.78, 5) is 23.8. The van der Waals surface area contributed by atoms with Crippen LogP contribution in [-0.4, -0.2) is 19.2 Å². The maximum absolute atomic E-state index is 12.7. The summed E-state index contributed by atoms with van der Waals surface area (Å²) in [5, 5.41) is 0. The first kappa shape index (κ1) is 14.8. The van der Waals surface area contributed by atoms with Crippen LogP contribution in [0.3, 0.4) is 0 Å². The van der Waals surface area contributed by atoms with Gasteiger partial charge in [0.05, 0.1) is 7.11 Å². The number of hydrogen-bond acceptors (Lipinski definition) is 4. The molecule has 2 N–H and O–H groups in total. The topological polar surface area (TPSA) is 69.4 Å². The van der Waals surface area contributed by atoms with Gasteiger partial charge in [-0.05, 0) is 37.1 Å². The standard InChI is InChI=1S/C17H17NO3/c1-10-4-5-12(9-19)11(2)16(10)17(20)14-7-6-13(21-3)8-15(14)18/h4-9H,18H2,1-3H3. The van der Waals surface area contributed by atoms with Gasteiger partial charge < -0.3 is 10.5 Å². The van der Waals surface area contributed by atoms with E-state index in [0.717, 1.165) is 11.8 Å². The van der Waals surface area contributed by atoms with Gasteiger partial charge in [0.2, 0.25) is 0 Å². The lowest BCUT2D eigenvalue weighted by Gasteiger charge is -2.12. The molecule has 21 heavy (non-hydrogen) atoms. The number of aryl methyl sites for hydroxylation is 1. The molecule has 0 unspecified atom stereocenters. The summed E-state index contributed by atoms with van der Waals surface area (Å²) >= 11 is 0. The molecular weight excluding hydrogens is 266 g/mol. The lowest BCUT2D eigenvalue weighted by molar-refractivity contribution is 0.103. The summed E-state index contributed by atoms with van der Waals surface area (Å²) in [5.41, 5.74) is 9.22. The first-order valence-corrected chi connectivity index (χ1v) is 6.53. The molecule has 0 aliphatic carbocycles. The Labute approximate surface area is 123 Å². The van der Waals surface area contributed by atoms with Crippen LogP contribution in [-0.2, 0) is 0 Å². The quantitative estimate of drug-likeness (QED) is 0.532. The maximum atomic E-state index is 12.7. The molecule has 0 atom stereocenters. The van der Waals surface area contributed by atoms with Crippen molar-refractivity contribution in [2.45, 2.75) is 13.8 Å². The van der Waals surface area contributed by atoms with Crippen LogP contribution in [0.5, 0.6) is 5.75 Å². The van der Waals surface area contributed by atoms with Crippen LogP contribution in [0.2, 0.25) is 0 Å². The molecule has 0 heterocycles. The molecule has 0 saturated heterocycles. The molecule has 2 aromatic rings. The summed E-state index contributed by atoms with van der Waals surface area (Å²) < 4.78 is 5.08. The summed E-state index contributed by atoms with van der Waals surface area (Å²) in [6.45, 7) is 3.61. The molecule has 0 aromatic heterocycles. The Hall–Kier alpha value is -2.62. The van der Waals surface area contributed by atoms with Crippen LogP contribution in [0.1, 0.15) is 37.4 Å². The Morgan fingerprint density at radius 1 is 1.19 bits per heavy atom. The van der Waals surface area contributed by atoms with Gasteiger partial charge in [-0.2, -0.15) is 0 Å². The smallest absolute Gasteiger partial charge is 0.195 e. The Bertz CT molecular complexity index is 720. The third kappa shape index (κ3) is 2.65. The highest BCUT2D eigenvalue weighted by atomic mass is 16.5. The van der Waals surface area contributed by atoms with Crippen LogP contribution < -0.4 is 10.5 Å². The minimum absolute atomic E-state index is 0.186. The lowest BCUT2D eigenvalue weighted by Crippen LogP contribution is -2.10. The SMILES string of the molecule is COc1ccc(C(=O)c2c(C)ccc(C=O)c2C)c(N)c1. The van der Waals surface area contributed by atoms with Gasteiger partial charge in [0, 0.05) is 28.4 Å². The molecule has 4 nitrogen and oxygen atoms in total. The van der Waals surface area contributed by atoms with E-state index in [1.54, 1.807) is 37.3 Å². The molecule has 0 aliphatic rings. The number of nitrogens with two attached hydrogens (primary N) is 1. The normalized spacial score (nSPS) is 10.2. The summed E-state index contributed by atoms with van der Waals surface area (Å²) in [5.74, 6) is 0.410. The predicted molar refractivity (Wildman–Crippen MR) is 82.1 cm³/mol. The Morgan fingerprint density at radius 2 is 1.90 bits per heavy atom. The zero-order valence-corrected chi connectivity index (χ0v) is 12.3. The van der Waals surface area contributed by atoms with Crippen molar-refractivity contribution in [3.8, 4) is 5.75 Å². The van der Waals surface area contributed by atoms with Crippen molar-refractivity contribution < 1.29 is 14.3 Å². The van der Waals surface area contributed by atoms with E-state index in [-0.39, 0.29) is 5.78 Å². The van der Waals surface area contributed by atoms with E-state index in [0.29, 0.717) is 33.7 Å². The van der Waals surface area contributed by atoms with Crippen LogP contribution >= 0.6 is 0 Å². The Kier molecular flexibility index (Phi) is 4.08. The zero-order chi connectivity index (χ0) is 15.6. The third-order valence-corrected chi connectivity index (χ3v) is 3.57. The van der Waals surface area contributed by atoms with Gasteiger partial charge >= 0.3 is 0 Å².